The Bertz CT molecular complexity index is 1230. The molecular formula is C30H30O4. The number of ether oxygens (including phenoxy) is 1. The van der Waals surface area contributed by atoms with Crippen LogP contribution >= 0.6 is 0 Å². The van der Waals surface area contributed by atoms with Crippen molar-refractivity contribution in [2.45, 2.75) is 52.6 Å². The summed E-state index contributed by atoms with van der Waals surface area (Å²) in [5.74, 6) is 0.991. The topological polar surface area (TPSA) is 63.6 Å². The number of benzene rings is 3. The van der Waals surface area contributed by atoms with E-state index in [1.165, 1.54) is 25.7 Å². The molecule has 174 valence electrons. The number of carbonyl (C=O) groups is 2. The van der Waals surface area contributed by atoms with Crippen molar-refractivity contribution in [2.24, 2.45) is 11.8 Å². The van der Waals surface area contributed by atoms with Crippen molar-refractivity contribution >= 4 is 11.8 Å². The first-order valence-corrected chi connectivity index (χ1v) is 12.1. The predicted molar refractivity (Wildman–Crippen MR) is 133 cm³/mol. The maximum atomic E-state index is 13.2. The zero-order valence-electron chi connectivity index (χ0n) is 19.8. The smallest absolute Gasteiger partial charge is 0.335 e. The summed E-state index contributed by atoms with van der Waals surface area (Å²) < 4.78 is 6.24. The van der Waals surface area contributed by atoms with E-state index in [0.29, 0.717) is 18.3 Å². The van der Waals surface area contributed by atoms with Crippen LogP contribution in [0.1, 0.15) is 68.7 Å². The summed E-state index contributed by atoms with van der Waals surface area (Å²) in [7, 11) is 0. The van der Waals surface area contributed by atoms with Crippen molar-refractivity contribution in [1.82, 2.24) is 0 Å². The summed E-state index contributed by atoms with van der Waals surface area (Å²) in [4.78, 5) is 24.2. The average molecular weight is 455 g/mol. The molecule has 34 heavy (non-hydrogen) atoms. The standard InChI is InChI=1S/C30H30O4/c1-18-19(2)28-25(15-26(29(28)31)23-5-3-4-6-23)16-27(18)34-17-20-7-9-21(10-8-20)22-11-13-24(14-12-22)30(32)33/h7-14,16,23,26H,3-6,15,17H2,1-2H3,(H,32,33). The van der Waals surface area contributed by atoms with E-state index in [9.17, 15) is 9.59 Å². The fourth-order valence-electron chi connectivity index (χ4n) is 5.62. The van der Waals surface area contributed by atoms with Crippen LogP contribution in [0.15, 0.2) is 54.6 Å². The van der Waals surface area contributed by atoms with Crippen LogP contribution in [-0.2, 0) is 13.0 Å². The van der Waals surface area contributed by atoms with Crippen LogP contribution in [0.3, 0.4) is 0 Å². The minimum atomic E-state index is -0.922. The highest BCUT2D eigenvalue weighted by atomic mass is 16.5. The first-order valence-electron chi connectivity index (χ1n) is 12.1. The van der Waals surface area contributed by atoms with Gasteiger partial charge in [-0.2, -0.15) is 0 Å². The molecule has 1 unspecified atom stereocenters. The van der Waals surface area contributed by atoms with Crippen molar-refractivity contribution in [3.63, 3.8) is 0 Å². The molecule has 5 rings (SSSR count). The summed E-state index contributed by atoms with van der Waals surface area (Å²) >= 11 is 0. The van der Waals surface area contributed by atoms with Crippen LogP contribution in [0.5, 0.6) is 5.75 Å². The van der Waals surface area contributed by atoms with Crippen LogP contribution in [0.2, 0.25) is 0 Å². The molecule has 0 amide bonds. The quantitative estimate of drug-likeness (QED) is 0.445. The Morgan fingerprint density at radius 2 is 1.56 bits per heavy atom. The average Bonchev–Trinajstić information content (AvgIpc) is 3.49. The monoisotopic (exact) mass is 454 g/mol. The number of carboxylic acids is 1. The van der Waals surface area contributed by atoms with Gasteiger partial charge < -0.3 is 9.84 Å². The highest BCUT2D eigenvalue weighted by Crippen LogP contribution is 2.43. The molecule has 0 heterocycles. The lowest BCUT2D eigenvalue weighted by Crippen LogP contribution is -2.18. The molecule has 0 aliphatic heterocycles. The van der Waals surface area contributed by atoms with Crippen molar-refractivity contribution in [1.29, 1.82) is 0 Å². The molecule has 1 fully saturated rings. The van der Waals surface area contributed by atoms with Gasteiger partial charge in [0, 0.05) is 11.5 Å². The summed E-state index contributed by atoms with van der Waals surface area (Å²) in [6.07, 6.45) is 5.73. The second-order valence-electron chi connectivity index (χ2n) is 9.75. The number of Topliss-reactive ketones (excluding diaryl/α,β-unsaturated/α-hetero) is 1. The van der Waals surface area contributed by atoms with Crippen LogP contribution in [-0.4, -0.2) is 16.9 Å². The van der Waals surface area contributed by atoms with Gasteiger partial charge in [0.15, 0.2) is 5.78 Å². The fraction of sp³-hybridized carbons (Fsp3) is 0.333. The minimum absolute atomic E-state index is 0.156. The van der Waals surface area contributed by atoms with Gasteiger partial charge in [-0.3, -0.25) is 4.79 Å². The summed E-state index contributed by atoms with van der Waals surface area (Å²) in [5, 5.41) is 9.07. The van der Waals surface area contributed by atoms with Gasteiger partial charge in [-0.15, -0.1) is 0 Å². The molecule has 4 heteroatoms. The molecule has 0 bridgehead atoms. The zero-order chi connectivity index (χ0) is 23.8. The molecule has 4 nitrogen and oxygen atoms in total. The molecule has 3 aromatic carbocycles. The second kappa shape index (κ2) is 9.09. The van der Waals surface area contributed by atoms with Crippen LogP contribution < -0.4 is 4.74 Å². The molecule has 1 saturated carbocycles. The van der Waals surface area contributed by atoms with Gasteiger partial charge in [0.05, 0.1) is 5.56 Å². The maximum absolute atomic E-state index is 13.2. The van der Waals surface area contributed by atoms with Crippen LogP contribution in [0, 0.1) is 25.7 Å². The Balaban J connectivity index is 1.29. The lowest BCUT2D eigenvalue weighted by molar-refractivity contribution is 0.0696. The lowest BCUT2D eigenvalue weighted by atomic mass is 9.87. The molecule has 1 atom stereocenters. The Morgan fingerprint density at radius 3 is 2.18 bits per heavy atom. The Labute approximate surface area is 200 Å². The summed E-state index contributed by atoms with van der Waals surface area (Å²) in [6.45, 7) is 4.56. The van der Waals surface area contributed by atoms with Gasteiger partial charge in [0.25, 0.3) is 0 Å². The van der Waals surface area contributed by atoms with E-state index < -0.39 is 5.97 Å². The van der Waals surface area contributed by atoms with E-state index in [-0.39, 0.29) is 11.5 Å². The second-order valence-corrected chi connectivity index (χ2v) is 9.75. The highest BCUT2D eigenvalue weighted by molar-refractivity contribution is 6.04. The third-order valence-corrected chi connectivity index (χ3v) is 7.74. The summed E-state index contributed by atoms with van der Waals surface area (Å²) in [5.41, 5.74) is 7.56. The van der Waals surface area contributed by atoms with E-state index in [2.05, 4.69) is 13.0 Å². The molecule has 0 saturated heterocycles. The van der Waals surface area contributed by atoms with Crippen molar-refractivity contribution in [3.8, 4) is 16.9 Å². The third kappa shape index (κ3) is 4.13. The third-order valence-electron chi connectivity index (χ3n) is 7.74. The van der Waals surface area contributed by atoms with Gasteiger partial charge in [0.1, 0.15) is 12.4 Å². The minimum Gasteiger partial charge on any atom is -0.489 e. The fourth-order valence-corrected chi connectivity index (χ4v) is 5.62. The number of hydrogen-bond acceptors (Lipinski definition) is 3. The Kier molecular flexibility index (Phi) is 5.99. The van der Waals surface area contributed by atoms with Gasteiger partial charge in [-0.25, -0.2) is 4.79 Å². The van der Waals surface area contributed by atoms with Crippen molar-refractivity contribution in [2.75, 3.05) is 0 Å². The van der Waals surface area contributed by atoms with E-state index in [1.54, 1.807) is 12.1 Å². The molecule has 0 radical (unpaired) electrons. The normalized spacial score (nSPS) is 17.7. The molecule has 2 aliphatic carbocycles. The van der Waals surface area contributed by atoms with Gasteiger partial charge in [-0.05, 0) is 90.6 Å². The largest absolute Gasteiger partial charge is 0.489 e. The molecule has 1 N–H and O–H groups in total. The Morgan fingerprint density at radius 1 is 0.941 bits per heavy atom. The molecular weight excluding hydrogens is 424 g/mol. The number of aromatic carboxylic acids is 1. The van der Waals surface area contributed by atoms with Gasteiger partial charge in [0.2, 0.25) is 0 Å². The SMILES string of the molecule is Cc1c(OCc2ccc(-c3ccc(C(=O)O)cc3)cc2)cc2c(c1C)C(=O)C(C1CCCC1)C2. The van der Waals surface area contributed by atoms with Gasteiger partial charge in [-0.1, -0.05) is 49.2 Å². The molecule has 2 aliphatic rings. The first-order chi connectivity index (χ1) is 16.4. The summed E-state index contributed by atoms with van der Waals surface area (Å²) in [6, 6.07) is 17.1. The number of fused-ring (bicyclic) bond motifs is 1. The lowest BCUT2D eigenvalue weighted by Gasteiger charge is -2.16. The molecule has 0 aromatic heterocycles. The van der Waals surface area contributed by atoms with E-state index in [0.717, 1.165) is 51.1 Å². The number of carbonyl (C=O) groups excluding carboxylic acids is 1. The Hall–Kier alpha value is -3.40. The predicted octanol–water partition coefficient (Wildman–Crippen LogP) is 6.79. The van der Waals surface area contributed by atoms with Crippen LogP contribution in [0.4, 0.5) is 0 Å². The number of ketones is 1. The van der Waals surface area contributed by atoms with Crippen molar-refractivity contribution in [3.05, 3.63) is 88.0 Å². The molecule has 0 spiro atoms. The van der Waals surface area contributed by atoms with E-state index >= 15 is 0 Å². The zero-order valence-corrected chi connectivity index (χ0v) is 19.8. The number of carboxylic acid groups (broad SMARTS) is 1. The number of hydrogen-bond donors (Lipinski definition) is 1. The number of rotatable bonds is 6. The maximum Gasteiger partial charge on any atom is 0.335 e. The van der Waals surface area contributed by atoms with Crippen molar-refractivity contribution < 1.29 is 19.4 Å². The van der Waals surface area contributed by atoms with Gasteiger partial charge >= 0.3 is 5.97 Å². The van der Waals surface area contributed by atoms with Crippen LogP contribution in [0.25, 0.3) is 11.1 Å². The first kappa shape index (κ1) is 22.4. The van der Waals surface area contributed by atoms with E-state index in [4.69, 9.17) is 9.84 Å². The van der Waals surface area contributed by atoms with E-state index in [1.807, 2.05) is 43.3 Å². The highest BCUT2D eigenvalue weighted by Gasteiger charge is 2.39. The molecule has 3 aromatic rings.